The Morgan fingerprint density at radius 2 is 1.46 bits per heavy atom. The SMILES string of the molecule is c1cc(N2CCCCCC2)nc(NC2CCC(N3CCCCC3)CC2)n1. The van der Waals surface area contributed by atoms with Gasteiger partial charge >= 0.3 is 0 Å². The maximum Gasteiger partial charge on any atom is 0.224 e. The molecule has 0 bridgehead atoms. The number of anilines is 2. The molecule has 5 nitrogen and oxygen atoms in total. The van der Waals surface area contributed by atoms with E-state index < -0.39 is 0 Å². The van der Waals surface area contributed by atoms with Gasteiger partial charge in [-0.25, -0.2) is 4.98 Å². The molecular weight excluding hydrogens is 322 g/mol. The Labute approximate surface area is 158 Å². The number of rotatable bonds is 4. The number of likely N-dealkylation sites (tertiary alicyclic amines) is 1. The molecule has 0 aromatic carbocycles. The van der Waals surface area contributed by atoms with Crippen LogP contribution in [0.5, 0.6) is 0 Å². The van der Waals surface area contributed by atoms with Crippen molar-refractivity contribution in [2.45, 2.75) is 82.7 Å². The highest BCUT2D eigenvalue weighted by atomic mass is 15.2. The van der Waals surface area contributed by atoms with Gasteiger partial charge in [0.1, 0.15) is 5.82 Å². The Morgan fingerprint density at radius 1 is 0.808 bits per heavy atom. The molecular formula is C21H35N5. The summed E-state index contributed by atoms with van der Waals surface area (Å²) in [5, 5.41) is 3.63. The zero-order valence-corrected chi connectivity index (χ0v) is 16.2. The molecule has 0 amide bonds. The highest BCUT2D eigenvalue weighted by molar-refractivity contribution is 5.43. The molecule has 1 aliphatic carbocycles. The Morgan fingerprint density at radius 3 is 2.19 bits per heavy atom. The van der Waals surface area contributed by atoms with Crippen molar-refractivity contribution in [1.29, 1.82) is 0 Å². The highest BCUT2D eigenvalue weighted by Gasteiger charge is 2.27. The van der Waals surface area contributed by atoms with Crippen LogP contribution < -0.4 is 10.2 Å². The number of piperidine rings is 1. The summed E-state index contributed by atoms with van der Waals surface area (Å²) in [5.74, 6) is 1.93. The normalized spacial score (nSPS) is 28.5. The van der Waals surface area contributed by atoms with E-state index in [0.29, 0.717) is 6.04 Å². The van der Waals surface area contributed by atoms with Gasteiger partial charge in [-0.05, 0) is 70.5 Å². The van der Waals surface area contributed by atoms with E-state index in [2.05, 4.69) is 26.2 Å². The minimum Gasteiger partial charge on any atom is -0.356 e. The summed E-state index contributed by atoms with van der Waals surface area (Å²) in [4.78, 5) is 14.5. The average Bonchev–Trinajstić information content (AvgIpc) is 2.99. The largest absolute Gasteiger partial charge is 0.356 e. The Hall–Kier alpha value is -1.36. The number of hydrogen-bond donors (Lipinski definition) is 1. The molecule has 1 N–H and O–H groups in total. The molecule has 5 heteroatoms. The first kappa shape index (κ1) is 18.0. The Bertz CT molecular complexity index is 541. The molecule has 2 saturated heterocycles. The second-order valence-electron chi connectivity index (χ2n) is 8.39. The minimum absolute atomic E-state index is 0.537. The lowest BCUT2D eigenvalue weighted by Gasteiger charge is -2.39. The molecule has 4 rings (SSSR count). The number of aromatic nitrogens is 2. The summed E-state index contributed by atoms with van der Waals surface area (Å²) in [6, 6.07) is 3.43. The third-order valence-electron chi connectivity index (χ3n) is 6.51. The Balaban J connectivity index is 1.30. The maximum absolute atomic E-state index is 4.83. The van der Waals surface area contributed by atoms with Crippen molar-refractivity contribution < 1.29 is 0 Å². The summed E-state index contributed by atoms with van der Waals surface area (Å²) in [5.41, 5.74) is 0. The third-order valence-corrected chi connectivity index (χ3v) is 6.51. The topological polar surface area (TPSA) is 44.3 Å². The number of nitrogens with one attached hydrogen (secondary N) is 1. The zero-order valence-electron chi connectivity index (χ0n) is 16.2. The minimum atomic E-state index is 0.537. The summed E-state index contributed by atoms with van der Waals surface area (Å²) in [6.07, 6.45) is 16.6. The molecule has 3 aliphatic rings. The van der Waals surface area contributed by atoms with Crippen molar-refractivity contribution in [3.63, 3.8) is 0 Å². The van der Waals surface area contributed by atoms with Gasteiger partial charge in [-0.3, -0.25) is 0 Å². The smallest absolute Gasteiger partial charge is 0.224 e. The first-order valence-corrected chi connectivity index (χ1v) is 11.0. The predicted molar refractivity (Wildman–Crippen MR) is 108 cm³/mol. The second-order valence-corrected chi connectivity index (χ2v) is 8.39. The van der Waals surface area contributed by atoms with Gasteiger partial charge in [-0.1, -0.05) is 19.3 Å². The van der Waals surface area contributed by atoms with E-state index in [1.54, 1.807) is 0 Å². The predicted octanol–water partition coefficient (Wildman–Crippen LogP) is 4.07. The van der Waals surface area contributed by atoms with Gasteiger partial charge in [-0.15, -0.1) is 0 Å². The van der Waals surface area contributed by atoms with Crippen LogP contribution in [0.2, 0.25) is 0 Å². The van der Waals surface area contributed by atoms with Crippen LogP contribution >= 0.6 is 0 Å². The molecule has 0 radical (unpaired) electrons. The Kier molecular flexibility index (Phi) is 6.26. The van der Waals surface area contributed by atoms with E-state index in [9.17, 15) is 0 Å². The van der Waals surface area contributed by atoms with Gasteiger partial charge in [0, 0.05) is 31.4 Å². The lowest BCUT2D eigenvalue weighted by Crippen LogP contribution is -2.43. The lowest BCUT2D eigenvalue weighted by molar-refractivity contribution is 0.127. The number of hydrogen-bond acceptors (Lipinski definition) is 5. The summed E-state index contributed by atoms with van der Waals surface area (Å²) < 4.78 is 0. The van der Waals surface area contributed by atoms with E-state index >= 15 is 0 Å². The van der Waals surface area contributed by atoms with Gasteiger partial charge in [0.05, 0.1) is 0 Å². The molecule has 2 aliphatic heterocycles. The van der Waals surface area contributed by atoms with Crippen molar-refractivity contribution in [3.05, 3.63) is 12.3 Å². The molecule has 3 fully saturated rings. The highest BCUT2D eigenvalue weighted by Crippen LogP contribution is 2.27. The standard InChI is InChI=1S/C21H35N5/c1-2-5-17-26(16-4-1)20-12-13-22-21(24-20)23-18-8-10-19(11-9-18)25-14-6-3-7-15-25/h12-13,18-19H,1-11,14-17H2,(H,22,23,24). The zero-order chi connectivity index (χ0) is 17.6. The third kappa shape index (κ3) is 4.67. The van der Waals surface area contributed by atoms with Crippen LogP contribution in [0.1, 0.15) is 70.6 Å². The molecule has 1 aromatic heterocycles. The van der Waals surface area contributed by atoms with Crippen molar-refractivity contribution in [1.82, 2.24) is 14.9 Å². The van der Waals surface area contributed by atoms with Crippen molar-refractivity contribution >= 4 is 11.8 Å². The van der Waals surface area contributed by atoms with E-state index in [0.717, 1.165) is 30.9 Å². The number of nitrogens with zero attached hydrogens (tertiary/aromatic N) is 4. The summed E-state index contributed by atoms with van der Waals surface area (Å²) >= 11 is 0. The fourth-order valence-corrected chi connectivity index (χ4v) is 4.95. The summed E-state index contributed by atoms with van der Waals surface area (Å²) in [7, 11) is 0. The lowest BCUT2D eigenvalue weighted by atomic mass is 9.89. The average molecular weight is 358 g/mol. The first-order valence-electron chi connectivity index (χ1n) is 11.0. The quantitative estimate of drug-likeness (QED) is 0.880. The van der Waals surface area contributed by atoms with Gasteiger partial charge < -0.3 is 15.1 Å². The van der Waals surface area contributed by atoms with Crippen LogP contribution in [-0.4, -0.2) is 53.1 Å². The van der Waals surface area contributed by atoms with Crippen LogP contribution in [0.25, 0.3) is 0 Å². The van der Waals surface area contributed by atoms with Crippen LogP contribution in [0.3, 0.4) is 0 Å². The van der Waals surface area contributed by atoms with E-state index in [1.807, 2.05) is 6.20 Å². The van der Waals surface area contributed by atoms with Gasteiger partial charge in [0.25, 0.3) is 0 Å². The van der Waals surface area contributed by atoms with Gasteiger partial charge in [0.15, 0.2) is 0 Å². The molecule has 0 spiro atoms. The molecule has 0 unspecified atom stereocenters. The van der Waals surface area contributed by atoms with E-state index in [4.69, 9.17) is 4.98 Å². The van der Waals surface area contributed by atoms with Crippen molar-refractivity contribution in [3.8, 4) is 0 Å². The van der Waals surface area contributed by atoms with Crippen LogP contribution in [0, 0.1) is 0 Å². The van der Waals surface area contributed by atoms with Crippen LogP contribution in [-0.2, 0) is 0 Å². The van der Waals surface area contributed by atoms with Crippen molar-refractivity contribution in [2.24, 2.45) is 0 Å². The van der Waals surface area contributed by atoms with Crippen molar-refractivity contribution in [2.75, 3.05) is 36.4 Å². The molecule has 26 heavy (non-hydrogen) atoms. The van der Waals surface area contributed by atoms with Gasteiger partial charge in [-0.2, -0.15) is 4.98 Å². The fourth-order valence-electron chi connectivity index (χ4n) is 4.95. The summed E-state index contributed by atoms with van der Waals surface area (Å²) in [6.45, 7) is 4.92. The van der Waals surface area contributed by atoms with E-state index in [1.165, 1.54) is 83.7 Å². The molecule has 3 heterocycles. The maximum atomic E-state index is 4.83. The molecule has 0 atom stereocenters. The molecule has 1 saturated carbocycles. The van der Waals surface area contributed by atoms with Crippen LogP contribution in [0.15, 0.2) is 12.3 Å². The van der Waals surface area contributed by atoms with Crippen LogP contribution in [0.4, 0.5) is 11.8 Å². The molecule has 144 valence electrons. The molecule has 1 aromatic rings. The second kappa shape index (κ2) is 9.03. The van der Waals surface area contributed by atoms with Gasteiger partial charge in [0.2, 0.25) is 5.95 Å². The van der Waals surface area contributed by atoms with E-state index in [-0.39, 0.29) is 0 Å². The fraction of sp³-hybridized carbons (Fsp3) is 0.810. The monoisotopic (exact) mass is 357 g/mol. The first-order chi connectivity index (χ1) is 12.9.